The molecule has 1 amide bonds. The summed E-state index contributed by atoms with van der Waals surface area (Å²) >= 11 is 0. The van der Waals surface area contributed by atoms with Crippen molar-refractivity contribution in [2.75, 3.05) is 11.9 Å². The molecule has 1 saturated carbocycles. The number of hydrogen-bond donors (Lipinski definition) is 2. The SMILES string of the molecule is N#CCOc1cccc(NC(=O)c2cccc(S(=O)(=O)NC3CCCC3)c2)c1. The maximum Gasteiger partial charge on any atom is 0.255 e. The maximum absolute atomic E-state index is 12.6. The Labute approximate surface area is 164 Å². The number of rotatable bonds is 7. The van der Waals surface area contributed by atoms with Gasteiger partial charge in [0.1, 0.15) is 11.8 Å². The van der Waals surface area contributed by atoms with Crippen LogP contribution in [0.15, 0.2) is 53.4 Å². The van der Waals surface area contributed by atoms with Crippen molar-refractivity contribution in [3.05, 3.63) is 54.1 Å². The number of sulfonamides is 1. The lowest BCUT2D eigenvalue weighted by Gasteiger charge is -2.13. The molecule has 1 aliphatic carbocycles. The number of anilines is 1. The van der Waals surface area contributed by atoms with E-state index < -0.39 is 15.9 Å². The number of nitrogens with zero attached hydrogens (tertiary/aromatic N) is 1. The monoisotopic (exact) mass is 399 g/mol. The van der Waals surface area contributed by atoms with Crippen LogP contribution in [0.4, 0.5) is 5.69 Å². The van der Waals surface area contributed by atoms with Crippen molar-refractivity contribution in [1.29, 1.82) is 5.26 Å². The normalized spacial score (nSPS) is 14.4. The van der Waals surface area contributed by atoms with Gasteiger partial charge in [0.05, 0.1) is 4.90 Å². The molecule has 0 spiro atoms. The summed E-state index contributed by atoms with van der Waals surface area (Å²) in [4.78, 5) is 12.6. The van der Waals surface area contributed by atoms with E-state index in [-0.39, 0.29) is 23.1 Å². The molecule has 2 N–H and O–H groups in total. The Morgan fingerprint density at radius 1 is 1.14 bits per heavy atom. The molecule has 0 unspecified atom stereocenters. The molecule has 0 saturated heterocycles. The van der Waals surface area contributed by atoms with E-state index in [2.05, 4.69) is 10.0 Å². The van der Waals surface area contributed by atoms with Crippen molar-refractivity contribution in [2.45, 2.75) is 36.6 Å². The minimum Gasteiger partial charge on any atom is -0.479 e. The molecule has 1 aliphatic rings. The Morgan fingerprint density at radius 2 is 1.89 bits per heavy atom. The lowest BCUT2D eigenvalue weighted by atomic mass is 10.2. The van der Waals surface area contributed by atoms with Crippen molar-refractivity contribution in [3.8, 4) is 11.8 Å². The van der Waals surface area contributed by atoms with E-state index in [4.69, 9.17) is 10.00 Å². The van der Waals surface area contributed by atoms with E-state index in [0.717, 1.165) is 25.7 Å². The molecular weight excluding hydrogens is 378 g/mol. The van der Waals surface area contributed by atoms with Gasteiger partial charge < -0.3 is 10.1 Å². The molecule has 0 aromatic heterocycles. The number of benzene rings is 2. The Morgan fingerprint density at radius 3 is 2.64 bits per heavy atom. The average molecular weight is 399 g/mol. The third kappa shape index (κ3) is 5.09. The van der Waals surface area contributed by atoms with Crippen LogP contribution in [0.25, 0.3) is 0 Å². The van der Waals surface area contributed by atoms with Crippen LogP contribution in [-0.4, -0.2) is 27.0 Å². The highest BCUT2D eigenvalue weighted by Crippen LogP contribution is 2.22. The summed E-state index contributed by atoms with van der Waals surface area (Å²) < 4.78 is 33.1. The first kappa shape index (κ1) is 19.9. The van der Waals surface area contributed by atoms with Gasteiger partial charge in [-0.05, 0) is 43.2 Å². The molecule has 0 aliphatic heterocycles. The number of nitriles is 1. The fraction of sp³-hybridized carbons (Fsp3) is 0.300. The van der Waals surface area contributed by atoms with Gasteiger partial charge in [0.25, 0.3) is 5.91 Å². The zero-order chi connectivity index (χ0) is 20.0. The molecule has 28 heavy (non-hydrogen) atoms. The molecule has 0 radical (unpaired) electrons. The minimum atomic E-state index is -3.67. The van der Waals surface area contributed by atoms with Gasteiger partial charge in [-0.1, -0.05) is 25.0 Å². The van der Waals surface area contributed by atoms with Crippen molar-refractivity contribution in [1.82, 2.24) is 4.72 Å². The van der Waals surface area contributed by atoms with Gasteiger partial charge in [-0.25, -0.2) is 13.1 Å². The molecular formula is C20H21N3O4S. The summed E-state index contributed by atoms with van der Waals surface area (Å²) in [5.41, 5.74) is 0.718. The van der Waals surface area contributed by atoms with Gasteiger partial charge in [-0.15, -0.1) is 0 Å². The summed E-state index contributed by atoms with van der Waals surface area (Å²) in [6, 6.07) is 14.4. The summed E-state index contributed by atoms with van der Waals surface area (Å²) in [5.74, 6) is 0.0202. The van der Waals surface area contributed by atoms with Crippen LogP contribution in [0.2, 0.25) is 0 Å². The highest BCUT2D eigenvalue weighted by atomic mass is 32.2. The van der Waals surface area contributed by atoms with E-state index >= 15 is 0 Å². The first-order valence-electron chi connectivity index (χ1n) is 9.01. The molecule has 7 nitrogen and oxygen atoms in total. The zero-order valence-electron chi connectivity index (χ0n) is 15.2. The van der Waals surface area contributed by atoms with Crippen LogP contribution in [-0.2, 0) is 10.0 Å². The summed E-state index contributed by atoms with van der Waals surface area (Å²) in [5, 5.41) is 11.3. The molecule has 0 bridgehead atoms. The molecule has 3 rings (SSSR count). The first-order chi connectivity index (χ1) is 13.5. The Kier molecular flexibility index (Phi) is 6.29. The van der Waals surface area contributed by atoms with Gasteiger partial charge in [0.2, 0.25) is 10.0 Å². The standard InChI is InChI=1S/C20H21N3O4S/c21-11-12-27-18-9-4-8-17(14-18)22-20(24)15-5-3-10-19(13-15)28(25,26)23-16-6-1-2-7-16/h3-5,8-10,13-14,16,23H,1-2,6-7,12H2,(H,22,24). The first-order valence-corrected chi connectivity index (χ1v) is 10.5. The predicted octanol–water partition coefficient (Wildman–Crippen LogP) is 3.06. The third-order valence-electron chi connectivity index (χ3n) is 4.48. The fourth-order valence-corrected chi connectivity index (χ4v) is 4.47. The number of ether oxygens (including phenoxy) is 1. The maximum atomic E-state index is 12.6. The van der Waals surface area contributed by atoms with Gasteiger partial charge >= 0.3 is 0 Å². The number of nitrogens with one attached hydrogen (secondary N) is 2. The number of amides is 1. The summed E-state index contributed by atoms with van der Waals surface area (Å²) in [6.45, 7) is -0.0920. The molecule has 0 heterocycles. The van der Waals surface area contributed by atoms with Crippen LogP contribution in [0.5, 0.6) is 5.75 Å². The van der Waals surface area contributed by atoms with E-state index in [1.165, 1.54) is 12.1 Å². The third-order valence-corrected chi connectivity index (χ3v) is 6.00. The number of carbonyl (C=O) groups excluding carboxylic acids is 1. The van der Waals surface area contributed by atoms with Crippen LogP contribution in [0.3, 0.4) is 0 Å². The molecule has 0 atom stereocenters. The van der Waals surface area contributed by atoms with Crippen LogP contribution >= 0.6 is 0 Å². The lowest BCUT2D eigenvalue weighted by Crippen LogP contribution is -2.32. The van der Waals surface area contributed by atoms with E-state index in [1.54, 1.807) is 36.4 Å². The lowest BCUT2D eigenvalue weighted by molar-refractivity contribution is 0.102. The van der Waals surface area contributed by atoms with Gasteiger partial charge in [0, 0.05) is 23.4 Å². The van der Waals surface area contributed by atoms with E-state index in [0.29, 0.717) is 11.4 Å². The van der Waals surface area contributed by atoms with Crippen LogP contribution < -0.4 is 14.8 Å². The smallest absolute Gasteiger partial charge is 0.255 e. The molecule has 8 heteroatoms. The van der Waals surface area contributed by atoms with Crippen molar-refractivity contribution >= 4 is 21.6 Å². The van der Waals surface area contributed by atoms with Gasteiger partial charge in [0.15, 0.2) is 6.61 Å². The largest absolute Gasteiger partial charge is 0.479 e. The topological polar surface area (TPSA) is 108 Å². The van der Waals surface area contributed by atoms with Crippen LogP contribution in [0, 0.1) is 11.3 Å². The van der Waals surface area contributed by atoms with E-state index in [1.807, 2.05) is 6.07 Å². The van der Waals surface area contributed by atoms with Crippen molar-refractivity contribution in [2.24, 2.45) is 0 Å². The zero-order valence-corrected chi connectivity index (χ0v) is 16.0. The predicted molar refractivity (Wildman–Crippen MR) is 105 cm³/mol. The summed E-state index contributed by atoms with van der Waals surface area (Å²) in [6.07, 6.45) is 3.72. The minimum absolute atomic E-state index is 0.0429. The number of carbonyl (C=O) groups is 1. The second kappa shape index (κ2) is 8.87. The Hall–Kier alpha value is -2.89. The van der Waals surface area contributed by atoms with Crippen LogP contribution in [0.1, 0.15) is 36.0 Å². The summed E-state index contributed by atoms with van der Waals surface area (Å²) in [7, 11) is -3.67. The molecule has 2 aromatic rings. The Bertz CT molecular complexity index is 993. The average Bonchev–Trinajstić information content (AvgIpc) is 3.19. The second-order valence-electron chi connectivity index (χ2n) is 6.56. The molecule has 2 aromatic carbocycles. The van der Waals surface area contributed by atoms with Crippen molar-refractivity contribution in [3.63, 3.8) is 0 Å². The number of hydrogen-bond acceptors (Lipinski definition) is 5. The van der Waals surface area contributed by atoms with Crippen molar-refractivity contribution < 1.29 is 17.9 Å². The highest BCUT2D eigenvalue weighted by molar-refractivity contribution is 7.89. The molecule has 1 fully saturated rings. The second-order valence-corrected chi connectivity index (χ2v) is 8.27. The molecule has 146 valence electrons. The fourth-order valence-electron chi connectivity index (χ4n) is 3.12. The van der Waals surface area contributed by atoms with Gasteiger partial charge in [-0.2, -0.15) is 5.26 Å². The quantitative estimate of drug-likeness (QED) is 0.744. The highest BCUT2D eigenvalue weighted by Gasteiger charge is 2.23. The van der Waals surface area contributed by atoms with E-state index in [9.17, 15) is 13.2 Å². The Balaban J connectivity index is 1.72. The van der Waals surface area contributed by atoms with Gasteiger partial charge in [-0.3, -0.25) is 4.79 Å².